The molecule has 2 heterocycles. The van der Waals surface area contributed by atoms with Crippen LogP contribution in [0.2, 0.25) is 0 Å². The minimum Gasteiger partial charge on any atom is -0.379 e. The maximum absolute atomic E-state index is 13.5. The molecule has 1 atom stereocenters. The Morgan fingerprint density at radius 1 is 1.10 bits per heavy atom. The normalized spacial score (nSPS) is 19.6. The summed E-state index contributed by atoms with van der Waals surface area (Å²) < 4.78 is 18.8. The van der Waals surface area contributed by atoms with Crippen LogP contribution in [0.5, 0.6) is 0 Å². The topological polar surface area (TPSA) is 66.3 Å². The second kappa shape index (κ2) is 8.63. The van der Waals surface area contributed by atoms with E-state index in [4.69, 9.17) is 14.7 Å². The number of carbonyl (C=O) groups is 1. The van der Waals surface area contributed by atoms with Crippen LogP contribution in [-0.4, -0.2) is 55.2 Å². The van der Waals surface area contributed by atoms with E-state index in [1.807, 2.05) is 31.2 Å². The molecular formula is C22H23FN4O2. The highest BCUT2D eigenvalue weighted by atomic mass is 19.1. The highest BCUT2D eigenvalue weighted by molar-refractivity contribution is 6.17. The molecule has 0 radical (unpaired) electrons. The van der Waals surface area contributed by atoms with Crippen molar-refractivity contribution in [3.8, 4) is 0 Å². The first-order chi connectivity index (χ1) is 14.1. The maximum atomic E-state index is 13.5. The maximum Gasteiger partial charge on any atom is 0.239 e. The van der Waals surface area contributed by atoms with Gasteiger partial charge in [-0.3, -0.25) is 14.7 Å². The zero-order chi connectivity index (χ0) is 20.2. The molecule has 0 spiro atoms. The van der Waals surface area contributed by atoms with Crippen molar-refractivity contribution in [3.63, 3.8) is 0 Å². The summed E-state index contributed by atoms with van der Waals surface area (Å²) in [6, 6.07) is 13.8. The van der Waals surface area contributed by atoms with Crippen LogP contribution in [0, 0.1) is 5.82 Å². The first-order valence-corrected chi connectivity index (χ1v) is 9.68. The van der Waals surface area contributed by atoms with E-state index in [1.165, 1.54) is 12.1 Å². The Bertz CT molecular complexity index is 950. The number of fused-ring (bicyclic) bond motifs is 1. The Morgan fingerprint density at radius 3 is 2.45 bits per heavy atom. The molecule has 0 aromatic heterocycles. The van der Waals surface area contributed by atoms with Crippen molar-refractivity contribution < 1.29 is 13.9 Å². The summed E-state index contributed by atoms with van der Waals surface area (Å²) in [4.78, 5) is 24.3. The summed E-state index contributed by atoms with van der Waals surface area (Å²) in [5.74, 6) is -0.308. The fourth-order valence-electron chi connectivity index (χ4n) is 3.60. The highest BCUT2D eigenvalue weighted by Gasteiger charge is 2.27. The van der Waals surface area contributed by atoms with Crippen LogP contribution in [0.4, 0.5) is 15.8 Å². The van der Waals surface area contributed by atoms with Crippen LogP contribution in [-0.2, 0) is 9.53 Å². The van der Waals surface area contributed by atoms with Gasteiger partial charge in [-0.25, -0.2) is 9.38 Å². The summed E-state index contributed by atoms with van der Waals surface area (Å²) >= 11 is 0. The number of hydrogen-bond donors (Lipinski definition) is 1. The smallest absolute Gasteiger partial charge is 0.239 e. The zero-order valence-electron chi connectivity index (χ0n) is 16.3. The van der Waals surface area contributed by atoms with Gasteiger partial charge in [-0.15, -0.1) is 0 Å². The van der Waals surface area contributed by atoms with Gasteiger partial charge < -0.3 is 10.1 Å². The molecule has 1 saturated heterocycles. The van der Waals surface area contributed by atoms with Crippen molar-refractivity contribution in [2.75, 3.05) is 32.8 Å². The Morgan fingerprint density at radius 2 is 1.76 bits per heavy atom. The summed E-state index contributed by atoms with van der Waals surface area (Å²) in [6.45, 7) is 4.89. The van der Waals surface area contributed by atoms with Crippen molar-refractivity contribution in [2.45, 2.75) is 12.8 Å². The van der Waals surface area contributed by atoms with E-state index in [2.05, 4.69) is 10.2 Å². The fraction of sp³-hybridized carbons (Fsp3) is 0.318. The third-order valence-electron chi connectivity index (χ3n) is 5.05. The number of ether oxygens (including phenoxy) is 1. The molecule has 0 aliphatic carbocycles. The zero-order valence-corrected chi connectivity index (χ0v) is 16.3. The minimum absolute atomic E-state index is 0.134. The standard InChI is InChI=1S/C22H23FN4O2/c1-15-21(16-6-8-17(23)9-7-16)22(25-19-5-3-2-4-18(19)24-15)26-20(28)14-27-10-12-29-13-11-27/h2-9,21H,10-14H2,1H3,(H,25,26,28)/t21-/m0/s1. The van der Waals surface area contributed by atoms with E-state index >= 15 is 0 Å². The molecule has 6 nitrogen and oxygen atoms in total. The lowest BCUT2D eigenvalue weighted by molar-refractivity contribution is -0.121. The fourth-order valence-corrected chi connectivity index (χ4v) is 3.60. The first kappa shape index (κ1) is 19.4. The quantitative estimate of drug-likeness (QED) is 0.870. The van der Waals surface area contributed by atoms with Gasteiger partial charge in [0.1, 0.15) is 11.7 Å². The molecule has 150 valence electrons. The second-order valence-corrected chi connectivity index (χ2v) is 7.16. The lowest BCUT2D eigenvalue weighted by Crippen LogP contribution is -2.46. The molecule has 2 aromatic rings. The predicted octanol–water partition coefficient (Wildman–Crippen LogP) is 3.19. The van der Waals surface area contributed by atoms with Crippen LogP contribution in [0.1, 0.15) is 18.4 Å². The van der Waals surface area contributed by atoms with Gasteiger partial charge in [-0.1, -0.05) is 24.3 Å². The molecule has 2 aromatic carbocycles. The van der Waals surface area contributed by atoms with Crippen molar-refractivity contribution in [2.24, 2.45) is 9.98 Å². The third-order valence-corrected chi connectivity index (χ3v) is 5.05. The van der Waals surface area contributed by atoms with E-state index in [9.17, 15) is 9.18 Å². The van der Waals surface area contributed by atoms with Crippen LogP contribution < -0.4 is 5.32 Å². The number of carbonyl (C=O) groups excluding carboxylic acids is 1. The van der Waals surface area contributed by atoms with E-state index in [1.54, 1.807) is 12.1 Å². The van der Waals surface area contributed by atoms with Gasteiger partial charge in [0.2, 0.25) is 5.91 Å². The number of halogens is 1. The van der Waals surface area contributed by atoms with Crippen LogP contribution >= 0.6 is 0 Å². The SMILES string of the molecule is CC1=Nc2ccccc2N=C(NC(=O)CN2CCOCC2)[C@@H]1c1ccc(F)cc1. The van der Waals surface area contributed by atoms with Crippen molar-refractivity contribution in [1.29, 1.82) is 0 Å². The number of nitrogens with zero attached hydrogens (tertiary/aromatic N) is 3. The Labute approximate surface area is 169 Å². The minimum atomic E-state index is -0.364. The largest absolute Gasteiger partial charge is 0.379 e. The summed E-state index contributed by atoms with van der Waals surface area (Å²) in [6.07, 6.45) is 0. The number of hydrogen-bond acceptors (Lipinski definition) is 5. The molecule has 0 unspecified atom stereocenters. The molecule has 1 N–H and O–H groups in total. The lowest BCUT2D eigenvalue weighted by Gasteiger charge is -2.26. The van der Waals surface area contributed by atoms with E-state index in [0.717, 1.165) is 30.1 Å². The Hall–Kier alpha value is -2.90. The van der Waals surface area contributed by atoms with Crippen LogP contribution in [0.15, 0.2) is 58.5 Å². The van der Waals surface area contributed by atoms with E-state index < -0.39 is 0 Å². The molecule has 29 heavy (non-hydrogen) atoms. The number of amidine groups is 1. The highest BCUT2D eigenvalue weighted by Crippen LogP contribution is 2.34. The molecule has 2 aliphatic rings. The molecule has 0 saturated carbocycles. The molecule has 2 aliphatic heterocycles. The summed E-state index contributed by atoms with van der Waals surface area (Å²) in [7, 11) is 0. The number of para-hydroxylation sites is 2. The van der Waals surface area contributed by atoms with E-state index in [-0.39, 0.29) is 24.2 Å². The van der Waals surface area contributed by atoms with Gasteiger partial charge in [0, 0.05) is 18.8 Å². The van der Waals surface area contributed by atoms with Crippen molar-refractivity contribution >= 4 is 28.8 Å². The number of rotatable bonds is 3. The number of morpholine rings is 1. The van der Waals surface area contributed by atoms with Gasteiger partial charge in [-0.05, 0) is 36.8 Å². The van der Waals surface area contributed by atoms with Crippen LogP contribution in [0.3, 0.4) is 0 Å². The number of benzene rings is 2. The van der Waals surface area contributed by atoms with E-state index in [0.29, 0.717) is 24.7 Å². The third kappa shape index (κ3) is 4.58. The Balaban J connectivity index is 1.66. The predicted molar refractivity (Wildman–Crippen MR) is 111 cm³/mol. The van der Waals surface area contributed by atoms with Gasteiger partial charge in [-0.2, -0.15) is 0 Å². The van der Waals surface area contributed by atoms with Gasteiger partial charge >= 0.3 is 0 Å². The molecule has 7 heteroatoms. The molecule has 0 bridgehead atoms. The lowest BCUT2D eigenvalue weighted by atomic mass is 9.93. The summed E-state index contributed by atoms with van der Waals surface area (Å²) in [5, 5.41) is 2.99. The molecule has 1 amide bonds. The number of nitrogens with one attached hydrogen (secondary N) is 1. The van der Waals surface area contributed by atoms with Gasteiger partial charge in [0.05, 0.1) is 37.1 Å². The molecular weight excluding hydrogens is 371 g/mol. The number of amides is 1. The average Bonchev–Trinajstić information content (AvgIpc) is 2.85. The number of aliphatic imine (C=N–C) groups is 2. The first-order valence-electron chi connectivity index (χ1n) is 9.68. The molecule has 4 rings (SSSR count). The summed E-state index contributed by atoms with van der Waals surface area (Å²) in [5.41, 5.74) is 3.05. The monoisotopic (exact) mass is 394 g/mol. The van der Waals surface area contributed by atoms with Gasteiger partial charge in [0.15, 0.2) is 0 Å². The molecule has 1 fully saturated rings. The second-order valence-electron chi connectivity index (χ2n) is 7.16. The average molecular weight is 394 g/mol. The van der Waals surface area contributed by atoms with Crippen molar-refractivity contribution in [3.05, 3.63) is 59.9 Å². The van der Waals surface area contributed by atoms with Gasteiger partial charge in [0.25, 0.3) is 0 Å². The van der Waals surface area contributed by atoms with Crippen LogP contribution in [0.25, 0.3) is 0 Å². The Kier molecular flexibility index (Phi) is 5.78. The van der Waals surface area contributed by atoms with Crippen molar-refractivity contribution in [1.82, 2.24) is 10.2 Å².